The quantitative estimate of drug-likeness (QED) is 0.941. The summed E-state index contributed by atoms with van der Waals surface area (Å²) in [5.41, 5.74) is 3.98. The van der Waals surface area contributed by atoms with Gasteiger partial charge in [-0.05, 0) is 36.1 Å². The molecular formula is C16H17NO2S. The highest BCUT2D eigenvalue weighted by Crippen LogP contribution is 2.25. The van der Waals surface area contributed by atoms with Gasteiger partial charge in [0.05, 0.1) is 0 Å². The van der Waals surface area contributed by atoms with Crippen LogP contribution in [-0.2, 0) is 19.5 Å². The zero-order valence-electron chi connectivity index (χ0n) is 11.4. The second-order valence-electron chi connectivity index (χ2n) is 5.23. The van der Waals surface area contributed by atoms with Crippen molar-refractivity contribution in [3.05, 3.63) is 56.8 Å². The number of rotatable bonds is 3. The molecule has 0 atom stereocenters. The molecule has 0 fully saturated rings. The predicted octanol–water partition coefficient (Wildman–Crippen LogP) is 3.31. The minimum atomic E-state index is -0.826. The monoisotopic (exact) mass is 287 g/mol. The number of carboxylic acid groups (broad SMARTS) is 1. The molecule has 3 nitrogen and oxygen atoms in total. The normalized spacial score (nSPS) is 15.1. The fraction of sp³-hybridized carbons (Fsp3) is 0.312. The Morgan fingerprint density at radius 1 is 1.35 bits per heavy atom. The highest BCUT2D eigenvalue weighted by molar-refractivity contribution is 7.14. The van der Waals surface area contributed by atoms with E-state index < -0.39 is 5.97 Å². The molecule has 104 valence electrons. The van der Waals surface area contributed by atoms with E-state index in [-0.39, 0.29) is 0 Å². The van der Waals surface area contributed by atoms with E-state index in [9.17, 15) is 4.79 Å². The number of carboxylic acids is 1. The molecule has 0 bridgehead atoms. The standard InChI is InChI=1S/C16H17NO2S/c1-11-14(8-15(20-11)16(18)19)10-17-7-6-12-4-2-3-5-13(12)9-17/h2-5,8H,6-7,9-10H2,1H3,(H,18,19). The van der Waals surface area contributed by atoms with Crippen molar-refractivity contribution in [1.82, 2.24) is 4.90 Å². The largest absolute Gasteiger partial charge is 0.477 e. The molecule has 0 saturated carbocycles. The third kappa shape index (κ3) is 2.62. The summed E-state index contributed by atoms with van der Waals surface area (Å²) in [4.78, 5) is 15.0. The van der Waals surface area contributed by atoms with Crippen LogP contribution in [0.2, 0.25) is 0 Å². The molecule has 0 unspecified atom stereocenters. The van der Waals surface area contributed by atoms with Crippen LogP contribution in [0.1, 0.15) is 31.2 Å². The number of aryl methyl sites for hydroxylation is 1. The lowest BCUT2D eigenvalue weighted by molar-refractivity contribution is 0.0702. The Hall–Kier alpha value is -1.65. The molecule has 1 N–H and O–H groups in total. The lowest BCUT2D eigenvalue weighted by Gasteiger charge is -2.28. The van der Waals surface area contributed by atoms with Crippen LogP contribution in [0.25, 0.3) is 0 Å². The molecule has 20 heavy (non-hydrogen) atoms. The maximum atomic E-state index is 11.0. The Kier molecular flexibility index (Phi) is 3.59. The topological polar surface area (TPSA) is 40.5 Å². The van der Waals surface area contributed by atoms with Crippen LogP contribution in [0.3, 0.4) is 0 Å². The van der Waals surface area contributed by atoms with Gasteiger partial charge in [0.2, 0.25) is 0 Å². The van der Waals surface area contributed by atoms with Crippen molar-refractivity contribution in [3.63, 3.8) is 0 Å². The van der Waals surface area contributed by atoms with Gasteiger partial charge in [-0.1, -0.05) is 24.3 Å². The summed E-state index contributed by atoms with van der Waals surface area (Å²) in [6.07, 6.45) is 1.07. The molecular weight excluding hydrogens is 270 g/mol. The van der Waals surface area contributed by atoms with Gasteiger partial charge in [0, 0.05) is 24.5 Å². The van der Waals surface area contributed by atoms with Gasteiger partial charge in [-0.2, -0.15) is 0 Å². The van der Waals surface area contributed by atoms with Gasteiger partial charge in [-0.15, -0.1) is 11.3 Å². The number of thiophene rings is 1. The molecule has 0 spiro atoms. The van der Waals surface area contributed by atoms with E-state index in [1.807, 2.05) is 13.0 Å². The Morgan fingerprint density at radius 3 is 2.80 bits per heavy atom. The summed E-state index contributed by atoms with van der Waals surface area (Å²) in [5.74, 6) is -0.826. The van der Waals surface area contributed by atoms with Crippen molar-refractivity contribution in [2.24, 2.45) is 0 Å². The van der Waals surface area contributed by atoms with E-state index in [1.165, 1.54) is 22.5 Å². The lowest BCUT2D eigenvalue weighted by atomic mass is 9.99. The number of aromatic carboxylic acids is 1. The second kappa shape index (κ2) is 5.38. The van der Waals surface area contributed by atoms with Crippen LogP contribution in [0.5, 0.6) is 0 Å². The summed E-state index contributed by atoms with van der Waals surface area (Å²) >= 11 is 1.37. The molecule has 1 aliphatic heterocycles. The van der Waals surface area contributed by atoms with E-state index in [0.717, 1.165) is 36.5 Å². The average molecular weight is 287 g/mol. The molecule has 2 heterocycles. The Labute approximate surface area is 122 Å². The number of benzene rings is 1. The maximum absolute atomic E-state index is 11.0. The van der Waals surface area contributed by atoms with Crippen molar-refractivity contribution in [1.29, 1.82) is 0 Å². The Balaban J connectivity index is 1.75. The fourth-order valence-corrected chi connectivity index (χ4v) is 3.59. The van der Waals surface area contributed by atoms with Gasteiger partial charge in [0.1, 0.15) is 4.88 Å². The summed E-state index contributed by atoms with van der Waals surface area (Å²) in [6, 6.07) is 10.4. The van der Waals surface area contributed by atoms with Crippen LogP contribution >= 0.6 is 11.3 Å². The third-order valence-corrected chi connectivity index (χ3v) is 4.92. The number of hydrogen-bond acceptors (Lipinski definition) is 3. The van der Waals surface area contributed by atoms with Crippen molar-refractivity contribution in [3.8, 4) is 0 Å². The maximum Gasteiger partial charge on any atom is 0.345 e. The molecule has 0 radical (unpaired) electrons. The first-order chi connectivity index (χ1) is 9.63. The number of hydrogen-bond donors (Lipinski definition) is 1. The second-order valence-corrected chi connectivity index (χ2v) is 6.48. The Bertz CT molecular complexity index is 648. The first kappa shape index (κ1) is 13.3. The van der Waals surface area contributed by atoms with Gasteiger partial charge in [-0.25, -0.2) is 4.79 Å². The summed E-state index contributed by atoms with van der Waals surface area (Å²) < 4.78 is 0. The molecule has 0 saturated heterocycles. The van der Waals surface area contributed by atoms with Crippen molar-refractivity contribution >= 4 is 17.3 Å². The van der Waals surface area contributed by atoms with Crippen molar-refractivity contribution < 1.29 is 9.90 Å². The van der Waals surface area contributed by atoms with Gasteiger partial charge < -0.3 is 5.11 Å². The smallest absolute Gasteiger partial charge is 0.345 e. The highest BCUT2D eigenvalue weighted by Gasteiger charge is 2.18. The van der Waals surface area contributed by atoms with E-state index in [1.54, 1.807) is 0 Å². The summed E-state index contributed by atoms with van der Waals surface area (Å²) in [5, 5.41) is 9.06. The zero-order valence-corrected chi connectivity index (χ0v) is 12.2. The minimum absolute atomic E-state index is 0.440. The first-order valence-electron chi connectivity index (χ1n) is 6.75. The summed E-state index contributed by atoms with van der Waals surface area (Å²) in [7, 11) is 0. The first-order valence-corrected chi connectivity index (χ1v) is 7.57. The van der Waals surface area contributed by atoms with E-state index in [4.69, 9.17) is 5.11 Å². The minimum Gasteiger partial charge on any atom is -0.477 e. The molecule has 1 aromatic heterocycles. The lowest BCUT2D eigenvalue weighted by Crippen LogP contribution is -2.30. The van der Waals surface area contributed by atoms with Gasteiger partial charge in [0.15, 0.2) is 0 Å². The van der Waals surface area contributed by atoms with Crippen LogP contribution < -0.4 is 0 Å². The van der Waals surface area contributed by atoms with Gasteiger partial charge >= 0.3 is 5.97 Å². The number of fused-ring (bicyclic) bond motifs is 1. The van der Waals surface area contributed by atoms with Crippen LogP contribution in [0.4, 0.5) is 0 Å². The van der Waals surface area contributed by atoms with Gasteiger partial charge in [0.25, 0.3) is 0 Å². The molecule has 0 amide bonds. The highest BCUT2D eigenvalue weighted by atomic mass is 32.1. The molecule has 1 aromatic carbocycles. The molecule has 1 aliphatic rings. The van der Waals surface area contributed by atoms with E-state index in [2.05, 4.69) is 29.2 Å². The number of nitrogens with zero attached hydrogens (tertiary/aromatic N) is 1. The van der Waals surface area contributed by atoms with E-state index >= 15 is 0 Å². The van der Waals surface area contributed by atoms with Crippen molar-refractivity contribution in [2.75, 3.05) is 6.54 Å². The third-order valence-electron chi connectivity index (χ3n) is 3.84. The molecule has 0 aliphatic carbocycles. The summed E-state index contributed by atoms with van der Waals surface area (Å²) in [6.45, 7) is 4.83. The molecule has 3 rings (SSSR count). The molecule has 2 aromatic rings. The van der Waals surface area contributed by atoms with Crippen LogP contribution in [0, 0.1) is 6.92 Å². The van der Waals surface area contributed by atoms with E-state index in [0.29, 0.717) is 4.88 Å². The fourth-order valence-electron chi connectivity index (χ4n) is 2.71. The Morgan fingerprint density at radius 2 is 2.10 bits per heavy atom. The van der Waals surface area contributed by atoms with Gasteiger partial charge in [-0.3, -0.25) is 4.90 Å². The molecule has 4 heteroatoms. The predicted molar refractivity (Wildman–Crippen MR) is 80.3 cm³/mol. The SMILES string of the molecule is Cc1sc(C(=O)O)cc1CN1CCc2ccccc2C1. The van der Waals surface area contributed by atoms with Crippen LogP contribution in [-0.4, -0.2) is 22.5 Å². The number of carbonyl (C=O) groups is 1. The van der Waals surface area contributed by atoms with Crippen LogP contribution in [0.15, 0.2) is 30.3 Å². The van der Waals surface area contributed by atoms with Crippen molar-refractivity contribution in [2.45, 2.75) is 26.4 Å². The zero-order chi connectivity index (χ0) is 14.1. The average Bonchev–Trinajstić information content (AvgIpc) is 2.80.